The molecule has 2 aromatic rings. The molecule has 0 bridgehead atoms. The van der Waals surface area contributed by atoms with Gasteiger partial charge in [0, 0.05) is 36.2 Å². The number of aryl methyl sites for hydroxylation is 1. The van der Waals surface area contributed by atoms with E-state index in [4.69, 9.17) is 10.5 Å². The molecular weight excluding hydrogens is 318 g/mol. The van der Waals surface area contributed by atoms with E-state index in [2.05, 4.69) is 11.5 Å². The van der Waals surface area contributed by atoms with Crippen LogP contribution >= 0.6 is 0 Å². The van der Waals surface area contributed by atoms with Crippen LogP contribution in [0.25, 0.3) is 10.9 Å². The summed E-state index contributed by atoms with van der Waals surface area (Å²) >= 11 is 0. The number of aromatic nitrogens is 1. The van der Waals surface area contributed by atoms with Gasteiger partial charge in [-0.05, 0) is 38.0 Å². The second-order valence-corrected chi connectivity index (χ2v) is 6.63. The molecule has 1 saturated heterocycles. The number of carbonyl (C=O) groups is 2. The molecular formula is C19H25N3O3. The monoisotopic (exact) mass is 343 g/mol. The molecule has 2 amide bonds. The lowest BCUT2D eigenvalue weighted by Crippen LogP contribution is -2.32. The molecule has 3 rings (SSSR count). The molecule has 1 aromatic heterocycles. The van der Waals surface area contributed by atoms with E-state index in [0.717, 1.165) is 35.3 Å². The van der Waals surface area contributed by atoms with Crippen LogP contribution in [0.4, 0.5) is 0 Å². The van der Waals surface area contributed by atoms with Gasteiger partial charge in [0.25, 0.3) is 5.91 Å². The molecule has 0 aliphatic carbocycles. The number of fused-ring (bicyclic) bond motifs is 1. The Morgan fingerprint density at radius 3 is 2.72 bits per heavy atom. The van der Waals surface area contributed by atoms with Crippen LogP contribution in [0.5, 0.6) is 5.75 Å². The van der Waals surface area contributed by atoms with Gasteiger partial charge in [0.1, 0.15) is 5.75 Å². The summed E-state index contributed by atoms with van der Waals surface area (Å²) in [5.41, 5.74) is 8.10. The molecule has 1 aliphatic rings. The largest absolute Gasteiger partial charge is 0.497 e. The normalized spacial score (nSPS) is 17.2. The third kappa shape index (κ3) is 2.97. The van der Waals surface area contributed by atoms with Gasteiger partial charge in [-0.25, -0.2) is 0 Å². The minimum Gasteiger partial charge on any atom is -0.497 e. The van der Waals surface area contributed by atoms with Crippen LogP contribution in [-0.2, 0) is 11.3 Å². The average Bonchev–Trinajstić information content (AvgIpc) is 3.19. The van der Waals surface area contributed by atoms with E-state index in [1.807, 2.05) is 25.1 Å². The van der Waals surface area contributed by atoms with Gasteiger partial charge in [0.05, 0.1) is 18.6 Å². The van der Waals surface area contributed by atoms with Crippen molar-refractivity contribution < 1.29 is 14.3 Å². The Kier molecular flexibility index (Phi) is 4.70. The molecule has 0 unspecified atom stereocenters. The summed E-state index contributed by atoms with van der Waals surface area (Å²) in [4.78, 5) is 26.4. The summed E-state index contributed by atoms with van der Waals surface area (Å²) in [6, 6.07) is 5.84. The standard InChI is InChI=1S/C19H25N3O3/c1-4-8-22-12(2)17(15-10-14(25-3)5-6-16(15)22)19(24)21-9-7-13(11-21)18(20)23/h5-6,10,13H,4,7-9,11H2,1-3H3,(H2,20,23)/t13-/m1/s1. The first kappa shape index (κ1) is 17.3. The molecule has 25 heavy (non-hydrogen) atoms. The number of primary amides is 1. The van der Waals surface area contributed by atoms with Crippen LogP contribution in [0.15, 0.2) is 18.2 Å². The van der Waals surface area contributed by atoms with Crippen LogP contribution in [0, 0.1) is 12.8 Å². The highest BCUT2D eigenvalue weighted by molar-refractivity contribution is 6.09. The van der Waals surface area contributed by atoms with Crippen molar-refractivity contribution in [1.82, 2.24) is 9.47 Å². The Morgan fingerprint density at radius 1 is 1.36 bits per heavy atom. The van der Waals surface area contributed by atoms with Crippen LogP contribution in [-0.4, -0.2) is 41.5 Å². The predicted molar refractivity (Wildman–Crippen MR) is 96.7 cm³/mol. The Balaban J connectivity index is 2.06. The van der Waals surface area contributed by atoms with Crippen molar-refractivity contribution in [1.29, 1.82) is 0 Å². The molecule has 0 spiro atoms. The van der Waals surface area contributed by atoms with Gasteiger partial charge < -0.3 is 19.9 Å². The van der Waals surface area contributed by atoms with E-state index < -0.39 is 0 Å². The number of likely N-dealkylation sites (tertiary alicyclic amines) is 1. The molecule has 0 radical (unpaired) electrons. The maximum Gasteiger partial charge on any atom is 0.256 e. The van der Waals surface area contributed by atoms with Crippen LogP contribution in [0.3, 0.4) is 0 Å². The highest BCUT2D eigenvalue weighted by Crippen LogP contribution is 2.31. The van der Waals surface area contributed by atoms with Crippen molar-refractivity contribution in [3.63, 3.8) is 0 Å². The second kappa shape index (κ2) is 6.78. The summed E-state index contributed by atoms with van der Waals surface area (Å²) in [6.45, 7) is 5.92. The average molecular weight is 343 g/mol. The second-order valence-electron chi connectivity index (χ2n) is 6.63. The molecule has 0 saturated carbocycles. The first-order valence-electron chi connectivity index (χ1n) is 8.73. The summed E-state index contributed by atoms with van der Waals surface area (Å²) in [5, 5.41) is 0.901. The van der Waals surface area contributed by atoms with E-state index in [9.17, 15) is 9.59 Å². The number of hydrogen-bond acceptors (Lipinski definition) is 3. The number of benzene rings is 1. The van der Waals surface area contributed by atoms with Crippen LogP contribution < -0.4 is 10.5 Å². The van der Waals surface area contributed by atoms with Crippen molar-refractivity contribution in [2.45, 2.75) is 33.2 Å². The van der Waals surface area contributed by atoms with Gasteiger partial charge in [0.2, 0.25) is 5.91 Å². The fraction of sp³-hybridized carbons (Fsp3) is 0.474. The van der Waals surface area contributed by atoms with Crippen molar-refractivity contribution in [3.8, 4) is 5.75 Å². The molecule has 6 heteroatoms. The Bertz CT molecular complexity index is 825. The highest BCUT2D eigenvalue weighted by Gasteiger charge is 2.32. The lowest BCUT2D eigenvalue weighted by molar-refractivity contribution is -0.121. The van der Waals surface area contributed by atoms with Gasteiger partial charge >= 0.3 is 0 Å². The maximum atomic E-state index is 13.2. The maximum absolute atomic E-state index is 13.2. The first-order chi connectivity index (χ1) is 12.0. The van der Waals surface area contributed by atoms with Crippen molar-refractivity contribution >= 4 is 22.7 Å². The van der Waals surface area contributed by atoms with Crippen LogP contribution in [0.2, 0.25) is 0 Å². The Morgan fingerprint density at radius 2 is 2.12 bits per heavy atom. The number of hydrogen-bond donors (Lipinski definition) is 1. The fourth-order valence-electron chi connectivity index (χ4n) is 3.71. The number of amides is 2. The molecule has 134 valence electrons. The topological polar surface area (TPSA) is 77.6 Å². The van der Waals surface area contributed by atoms with E-state index in [-0.39, 0.29) is 17.7 Å². The summed E-state index contributed by atoms with van der Waals surface area (Å²) in [5.74, 6) is 0.117. The predicted octanol–water partition coefficient (Wildman–Crippen LogP) is 2.32. The van der Waals surface area contributed by atoms with Crippen molar-refractivity contribution in [2.24, 2.45) is 11.7 Å². The number of carbonyl (C=O) groups excluding carboxylic acids is 2. The van der Waals surface area contributed by atoms with E-state index in [1.54, 1.807) is 12.0 Å². The highest BCUT2D eigenvalue weighted by atomic mass is 16.5. The van der Waals surface area contributed by atoms with Crippen molar-refractivity contribution in [2.75, 3.05) is 20.2 Å². The zero-order chi connectivity index (χ0) is 18.1. The van der Waals surface area contributed by atoms with Gasteiger partial charge in [0.15, 0.2) is 0 Å². The zero-order valence-electron chi connectivity index (χ0n) is 15.0. The third-order valence-electron chi connectivity index (χ3n) is 5.07. The molecule has 1 aliphatic heterocycles. The molecule has 1 fully saturated rings. The fourth-order valence-corrected chi connectivity index (χ4v) is 3.71. The molecule has 1 atom stereocenters. The van der Waals surface area contributed by atoms with Gasteiger partial charge in [-0.3, -0.25) is 9.59 Å². The minimum absolute atomic E-state index is 0.0330. The van der Waals surface area contributed by atoms with E-state index in [1.165, 1.54) is 0 Å². The smallest absolute Gasteiger partial charge is 0.256 e. The number of nitrogens with two attached hydrogens (primary N) is 1. The molecule has 2 N–H and O–H groups in total. The Labute approximate surface area is 147 Å². The van der Waals surface area contributed by atoms with Gasteiger partial charge in [-0.2, -0.15) is 0 Å². The lowest BCUT2D eigenvalue weighted by Gasteiger charge is -2.16. The quantitative estimate of drug-likeness (QED) is 0.905. The molecule has 2 heterocycles. The van der Waals surface area contributed by atoms with Crippen molar-refractivity contribution in [3.05, 3.63) is 29.5 Å². The number of rotatable bonds is 5. The summed E-state index contributed by atoms with van der Waals surface area (Å²) in [7, 11) is 1.62. The van der Waals surface area contributed by atoms with Gasteiger partial charge in [-0.1, -0.05) is 6.92 Å². The SMILES string of the molecule is CCCn1c(C)c(C(=O)N2CC[C@@H](C(N)=O)C2)c2cc(OC)ccc21. The first-order valence-corrected chi connectivity index (χ1v) is 8.73. The number of methoxy groups -OCH3 is 1. The number of nitrogens with zero attached hydrogens (tertiary/aromatic N) is 2. The number of ether oxygens (including phenoxy) is 1. The van der Waals surface area contributed by atoms with Gasteiger partial charge in [-0.15, -0.1) is 0 Å². The minimum atomic E-state index is -0.331. The van der Waals surface area contributed by atoms with Crippen LogP contribution in [0.1, 0.15) is 35.8 Å². The molecule has 6 nitrogen and oxygen atoms in total. The zero-order valence-corrected chi connectivity index (χ0v) is 15.0. The third-order valence-corrected chi connectivity index (χ3v) is 5.07. The molecule has 1 aromatic carbocycles. The summed E-state index contributed by atoms with van der Waals surface area (Å²) in [6.07, 6.45) is 1.62. The lowest BCUT2D eigenvalue weighted by atomic mass is 10.1. The Hall–Kier alpha value is -2.50. The van der Waals surface area contributed by atoms with E-state index in [0.29, 0.717) is 25.1 Å². The van der Waals surface area contributed by atoms with E-state index >= 15 is 0 Å². The summed E-state index contributed by atoms with van der Waals surface area (Å²) < 4.78 is 7.53.